The molecule has 114 valence electrons. The monoisotopic (exact) mass is 306 g/mol. The van der Waals surface area contributed by atoms with E-state index in [1.807, 2.05) is 0 Å². The Morgan fingerprint density at radius 1 is 1.36 bits per heavy atom. The molecule has 0 N–H and O–H groups in total. The van der Waals surface area contributed by atoms with Crippen molar-refractivity contribution >= 4 is 16.8 Å². The number of nitrogens with zero attached hydrogens (tertiary/aromatic N) is 2. The Kier molecular flexibility index (Phi) is 4.36. The van der Waals surface area contributed by atoms with Gasteiger partial charge in [-0.3, -0.25) is 9.78 Å². The second kappa shape index (κ2) is 6.06. The topological polar surface area (TPSA) is 33.2 Å². The molecule has 0 saturated carbocycles. The number of carbonyl (C=O) groups is 1. The van der Waals surface area contributed by atoms with E-state index in [-0.39, 0.29) is 5.56 Å². The van der Waals surface area contributed by atoms with Gasteiger partial charge in [0, 0.05) is 5.39 Å². The highest BCUT2D eigenvalue weighted by Crippen LogP contribution is 2.21. The summed E-state index contributed by atoms with van der Waals surface area (Å²) in [5, 5.41) is 0.684. The van der Waals surface area contributed by atoms with Crippen LogP contribution in [0.15, 0.2) is 30.3 Å². The molecule has 0 bridgehead atoms. The van der Waals surface area contributed by atoms with Gasteiger partial charge < -0.3 is 4.90 Å². The summed E-state index contributed by atoms with van der Waals surface area (Å²) in [6.45, 7) is -0.214. The number of pyridine rings is 1. The zero-order valence-electron chi connectivity index (χ0n) is 11.8. The average molecular weight is 306 g/mol. The van der Waals surface area contributed by atoms with Crippen molar-refractivity contribution in [2.24, 2.45) is 0 Å². The van der Waals surface area contributed by atoms with Gasteiger partial charge in [-0.15, -0.1) is 6.42 Å². The Labute approximate surface area is 125 Å². The van der Waals surface area contributed by atoms with Crippen LogP contribution < -0.4 is 0 Å². The number of terminal acetylenes is 1. The van der Waals surface area contributed by atoms with Gasteiger partial charge in [0.05, 0.1) is 23.3 Å². The van der Waals surface area contributed by atoms with Crippen LogP contribution in [-0.4, -0.2) is 35.1 Å². The van der Waals surface area contributed by atoms with Crippen molar-refractivity contribution in [3.8, 4) is 12.3 Å². The van der Waals surface area contributed by atoms with E-state index in [0.29, 0.717) is 21.5 Å². The van der Waals surface area contributed by atoms with Crippen LogP contribution in [0.3, 0.4) is 0 Å². The molecule has 0 aliphatic carbocycles. The molecule has 2 rings (SSSR count). The first kappa shape index (κ1) is 15.8. The smallest absolute Gasteiger partial charge is 0.318 e. The lowest BCUT2D eigenvalue weighted by Crippen LogP contribution is -2.39. The Balaban J connectivity index is 2.42. The number of benzene rings is 1. The molecule has 0 fully saturated rings. The van der Waals surface area contributed by atoms with E-state index in [4.69, 9.17) is 6.42 Å². The van der Waals surface area contributed by atoms with Crippen LogP contribution in [-0.2, 0) is 0 Å². The van der Waals surface area contributed by atoms with Crippen molar-refractivity contribution in [1.29, 1.82) is 0 Å². The number of hydrogen-bond acceptors (Lipinski definition) is 2. The molecular weight excluding hydrogens is 293 g/mol. The molecule has 2 aromatic rings. The average Bonchev–Trinajstić information content (AvgIpc) is 2.44. The van der Waals surface area contributed by atoms with Crippen molar-refractivity contribution in [1.82, 2.24) is 9.88 Å². The second-order valence-corrected chi connectivity index (χ2v) is 4.79. The predicted octanol–water partition coefficient (Wildman–Crippen LogP) is 3.18. The maximum Gasteiger partial charge on any atom is 0.406 e. The summed E-state index contributed by atoms with van der Waals surface area (Å²) in [6.07, 6.45) is 0.557. The SMILES string of the molecule is C#CCN(CC(F)(F)F)C(=O)c1cc2ccccc2nc1C. The molecule has 1 amide bonds. The van der Waals surface area contributed by atoms with Gasteiger partial charge in [0.2, 0.25) is 0 Å². The maximum atomic E-state index is 12.6. The van der Waals surface area contributed by atoms with Crippen LogP contribution in [0, 0.1) is 19.3 Å². The molecule has 1 aromatic heterocycles. The van der Waals surface area contributed by atoms with Gasteiger partial charge in [-0.2, -0.15) is 13.2 Å². The first-order chi connectivity index (χ1) is 10.3. The van der Waals surface area contributed by atoms with Crippen LogP contribution in [0.2, 0.25) is 0 Å². The summed E-state index contributed by atoms with van der Waals surface area (Å²) in [5.74, 6) is 1.31. The number of para-hydroxylation sites is 1. The third-order valence-electron chi connectivity index (χ3n) is 3.08. The van der Waals surface area contributed by atoms with Gasteiger partial charge in [-0.1, -0.05) is 24.1 Å². The molecule has 22 heavy (non-hydrogen) atoms. The predicted molar refractivity (Wildman–Crippen MR) is 77.3 cm³/mol. The first-order valence-corrected chi connectivity index (χ1v) is 6.47. The van der Waals surface area contributed by atoms with E-state index >= 15 is 0 Å². The first-order valence-electron chi connectivity index (χ1n) is 6.47. The van der Waals surface area contributed by atoms with E-state index in [1.54, 1.807) is 37.3 Å². The standard InChI is InChI=1S/C16H13F3N2O/c1-3-8-21(10-16(17,18)19)15(22)13-9-12-6-4-5-7-14(12)20-11(13)2/h1,4-7,9H,8,10H2,2H3. The Morgan fingerprint density at radius 3 is 2.68 bits per heavy atom. The molecule has 0 atom stereocenters. The van der Waals surface area contributed by atoms with E-state index in [1.165, 1.54) is 0 Å². The summed E-state index contributed by atoms with van der Waals surface area (Å²) in [4.78, 5) is 17.2. The van der Waals surface area contributed by atoms with Crippen molar-refractivity contribution < 1.29 is 18.0 Å². The molecule has 0 aliphatic heterocycles. The lowest BCUT2D eigenvalue weighted by molar-refractivity contribution is -0.139. The highest BCUT2D eigenvalue weighted by molar-refractivity contribution is 5.98. The molecule has 0 spiro atoms. The van der Waals surface area contributed by atoms with Crippen LogP contribution in [0.5, 0.6) is 0 Å². The maximum absolute atomic E-state index is 12.6. The normalized spacial score (nSPS) is 11.2. The zero-order valence-corrected chi connectivity index (χ0v) is 11.8. The molecule has 3 nitrogen and oxygen atoms in total. The number of rotatable bonds is 3. The van der Waals surface area contributed by atoms with Gasteiger partial charge in [-0.05, 0) is 19.1 Å². The Bertz CT molecular complexity index is 747. The third kappa shape index (κ3) is 3.55. The van der Waals surface area contributed by atoms with Crippen molar-refractivity contribution in [3.63, 3.8) is 0 Å². The number of amides is 1. The molecule has 1 aromatic carbocycles. The molecule has 0 aliphatic rings. The van der Waals surface area contributed by atoms with Crippen molar-refractivity contribution in [2.75, 3.05) is 13.1 Å². The third-order valence-corrected chi connectivity index (χ3v) is 3.08. The number of alkyl halides is 3. The minimum atomic E-state index is -4.51. The lowest BCUT2D eigenvalue weighted by Gasteiger charge is -2.22. The highest BCUT2D eigenvalue weighted by Gasteiger charge is 2.33. The highest BCUT2D eigenvalue weighted by atomic mass is 19.4. The van der Waals surface area contributed by atoms with E-state index in [2.05, 4.69) is 10.9 Å². The fraction of sp³-hybridized carbons (Fsp3) is 0.250. The quantitative estimate of drug-likeness (QED) is 0.816. The molecule has 0 unspecified atom stereocenters. The molecular formula is C16H13F3N2O. The van der Waals surface area contributed by atoms with Gasteiger partial charge in [0.15, 0.2) is 0 Å². The van der Waals surface area contributed by atoms with Gasteiger partial charge in [0.1, 0.15) is 6.54 Å². The van der Waals surface area contributed by atoms with Gasteiger partial charge in [0.25, 0.3) is 5.91 Å². The number of aryl methyl sites for hydroxylation is 1. The van der Waals surface area contributed by atoms with Gasteiger partial charge >= 0.3 is 6.18 Å². The van der Waals surface area contributed by atoms with E-state index < -0.39 is 25.2 Å². The molecule has 0 radical (unpaired) electrons. The molecule has 6 heteroatoms. The van der Waals surface area contributed by atoms with Crippen LogP contribution >= 0.6 is 0 Å². The van der Waals surface area contributed by atoms with E-state index in [0.717, 1.165) is 0 Å². The molecule has 1 heterocycles. The number of fused-ring (bicyclic) bond motifs is 1. The summed E-state index contributed by atoms with van der Waals surface area (Å²) in [5.41, 5.74) is 1.17. The van der Waals surface area contributed by atoms with Crippen LogP contribution in [0.4, 0.5) is 13.2 Å². The van der Waals surface area contributed by atoms with Crippen LogP contribution in [0.25, 0.3) is 10.9 Å². The number of aromatic nitrogens is 1. The van der Waals surface area contributed by atoms with Gasteiger partial charge in [-0.25, -0.2) is 0 Å². The lowest BCUT2D eigenvalue weighted by atomic mass is 10.1. The zero-order chi connectivity index (χ0) is 16.3. The minimum absolute atomic E-state index is 0.123. The Morgan fingerprint density at radius 2 is 2.05 bits per heavy atom. The summed E-state index contributed by atoms with van der Waals surface area (Å²) in [6, 6.07) is 8.62. The Hall–Kier alpha value is -2.55. The fourth-order valence-corrected chi connectivity index (χ4v) is 2.13. The number of carbonyl (C=O) groups excluding carboxylic acids is 1. The van der Waals surface area contributed by atoms with Crippen molar-refractivity contribution in [2.45, 2.75) is 13.1 Å². The summed E-state index contributed by atoms with van der Waals surface area (Å²) < 4.78 is 37.7. The van der Waals surface area contributed by atoms with E-state index in [9.17, 15) is 18.0 Å². The van der Waals surface area contributed by atoms with Crippen molar-refractivity contribution in [3.05, 3.63) is 41.6 Å². The second-order valence-electron chi connectivity index (χ2n) is 4.79. The minimum Gasteiger partial charge on any atom is -0.318 e. The largest absolute Gasteiger partial charge is 0.406 e. The summed E-state index contributed by atoms with van der Waals surface area (Å²) in [7, 11) is 0. The number of hydrogen-bond donors (Lipinski definition) is 0. The molecule has 0 saturated heterocycles. The van der Waals surface area contributed by atoms with Crippen LogP contribution in [0.1, 0.15) is 16.1 Å². The fourth-order valence-electron chi connectivity index (χ4n) is 2.13. The summed E-state index contributed by atoms with van der Waals surface area (Å²) >= 11 is 0. The number of halogens is 3.